The summed E-state index contributed by atoms with van der Waals surface area (Å²) in [5.74, 6) is -0.373. The molecule has 0 bridgehead atoms. The van der Waals surface area contributed by atoms with Gasteiger partial charge in [-0.15, -0.1) is 11.3 Å². The highest BCUT2D eigenvalue weighted by atomic mass is 32.1. The summed E-state index contributed by atoms with van der Waals surface area (Å²) in [4.78, 5) is 12.9. The van der Waals surface area contributed by atoms with Gasteiger partial charge in [-0.3, -0.25) is 4.79 Å². The van der Waals surface area contributed by atoms with Crippen LogP contribution in [0.5, 0.6) is 0 Å². The van der Waals surface area contributed by atoms with Gasteiger partial charge in [0.15, 0.2) is 5.78 Å². The van der Waals surface area contributed by atoms with Gasteiger partial charge in [-0.05, 0) is 42.6 Å². The first kappa shape index (κ1) is 10.1. The number of ketones is 1. The molecule has 0 atom stereocenters. The van der Waals surface area contributed by atoms with Crippen molar-refractivity contribution in [1.82, 2.24) is 0 Å². The molecule has 0 unspecified atom stereocenters. The third-order valence-electron chi connectivity index (χ3n) is 2.21. The van der Waals surface area contributed by atoms with Crippen molar-refractivity contribution in [1.29, 1.82) is 0 Å². The van der Waals surface area contributed by atoms with Gasteiger partial charge in [0.25, 0.3) is 0 Å². The molecule has 1 nitrogen and oxygen atoms in total. The van der Waals surface area contributed by atoms with Crippen LogP contribution < -0.4 is 0 Å². The first-order chi connectivity index (χ1) is 7.18. The molecule has 0 radical (unpaired) electrons. The molecule has 1 heterocycles. The summed E-state index contributed by atoms with van der Waals surface area (Å²) in [5, 5.41) is 1.88. The average Bonchev–Trinajstić information content (AvgIpc) is 2.65. The zero-order chi connectivity index (χ0) is 10.8. The molecule has 2 rings (SSSR count). The van der Waals surface area contributed by atoms with Crippen molar-refractivity contribution >= 4 is 17.1 Å². The molecule has 0 amide bonds. The summed E-state index contributed by atoms with van der Waals surface area (Å²) in [7, 11) is 0. The molecule has 2 aromatic rings. The molecule has 0 saturated carbocycles. The van der Waals surface area contributed by atoms with Gasteiger partial charge in [-0.1, -0.05) is 0 Å². The molecular weight excluding hydrogens is 211 g/mol. The second-order valence-electron chi connectivity index (χ2n) is 3.23. The number of hydrogen-bond donors (Lipinski definition) is 0. The summed E-state index contributed by atoms with van der Waals surface area (Å²) < 4.78 is 12.7. The van der Waals surface area contributed by atoms with E-state index in [2.05, 4.69) is 0 Å². The van der Waals surface area contributed by atoms with Crippen LogP contribution in [0.1, 0.15) is 20.8 Å². The lowest BCUT2D eigenvalue weighted by Crippen LogP contribution is -2.00. The van der Waals surface area contributed by atoms with Gasteiger partial charge in [0.05, 0.1) is 0 Å². The molecule has 76 valence electrons. The fraction of sp³-hybridized carbons (Fsp3) is 0.0833. The minimum absolute atomic E-state index is 0.0475. The summed E-state index contributed by atoms with van der Waals surface area (Å²) >= 11 is 1.54. The standard InChI is InChI=1S/C12H9FOS/c1-8-11(6-7-15-8)12(14)9-2-4-10(13)5-3-9/h2-7H,1H3. The normalized spacial score (nSPS) is 10.3. The van der Waals surface area contributed by atoms with Crippen LogP contribution in [0.4, 0.5) is 4.39 Å². The Hall–Kier alpha value is -1.48. The Morgan fingerprint density at radius 1 is 1.20 bits per heavy atom. The number of thiophene rings is 1. The minimum atomic E-state index is -0.325. The molecule has 0 aliphatic rings. The van der Waals surface area contributed by atoms with Gasteiger partial charge in [-0.25, -0.2) is 4.39 Å². The van der Waals surface area contributed by atoms with Crippen LogP contribution in [0.3, 0.4) is 0 Å². The quantitative estimate of drug-likeness (QED) is 0.709. The molecule has 0 aliphatic heterocycles. The molecule has 0 N–H and O–H groups in total. The van der Waals surface area contributed by atoms with Crippen LogP contribution in [0.15, 0.2) is 35.7 Å². The Bertz CT molecular complexity index is 485. The third kappa shape index (κ3) is 1.97. The van der Waals surface area contributed by atoms with Crippen molar-refractivity contribution in [3.05, 3.63) is 57.5 Å². The number of carbonyl (C=O) groups is 1. The zero-order valence-corrected chi connectivity index (χ0v) is 8.98. The van der Waals surface area contributed by atoms with Crippen molar-refractivity contribution < 1.29 is 9.18 Å². The van der Waals surface area contributed by atoms with Crippen LogP contribution in [0.25, 0.3) is 0 Å². The van der Waals surface area contributed by atoms with E-state index in [0.29, 0.717) is 11.1 Å². The topological polar surface area (TPSA) is 17.1 Å². The summed E-state index contributed by atoms with van der Waals surface area (Å²) in [6.07, 6.45) is 0. The Labute approximate surface area is 91.2 Å². The fourth-order valence-electron chi connectivity index (χ4n) is 1.38. The average molecular weight is 220 g/mol. The molecule has 0 fully saturated rings. The Kier molecular flexibility index (Phi) is 2.64. The number of aryl methyl sites for hydroxylation is 1. The van der Waals surface area contributed by atoms with Crippen LogP contribution in [-0.2, 0) is 0 Å². The molecule has 15 heavy (non-hydrogen) atoms. The first-order valence-corrected chi connectivity index (χ1v) is 5.41. The SMILES string of the molecule is Cc1sccc1C(=O)c1ccc(F)cc1. The molecule has 1 aromatic heterocycles. The lowest BCUT2D eigenvalue weighted by molar-refractivity contribution is 0.103. The van der Waals surface area contributed by atoms with Crippen LogP contribution >= 0.6 is 11.3 Å². The second-order valence-corrected chi connectivity index (χ2v) is 4.35. The predicted octanol–water partition coefficient (Wildman–Crippen LogP) is 3.43. The predicted molar refractivity (Wildman–Crippen MR) is 58.9 cm³/mol. The molecule has 3 heteroatoms. The van der Waals surface area contributed by atoms with Gasteiger partial charge in [0, 0.05) is 16.0 Å². The van der Waals surface area contributed by atoms with E-state index in [9.17, 15) is 9.18 Å². The van der Waals surface area contributed by atoms with Gasteiger partial charge < -0.3 is 0 Å². The molecule has 0 spiro atoms. The fourth-order valence-corrected chi connectivity index (χ4v) is 2.07. The number of carbonyl (C=O) groups excluding carboxylic acids is 1. The van der Waals surface area contributed by atoms with E-state index < -0.39 is 0 Å². The van der Waals surface area contributed by atoms with Gasteiger partial charge in [0.1, 0.15) is 5.82 Å². The highest BCUT2D eigenvalue weighted by molar-refractivity contribution is 7.10. The van der Waals surface area contributed by atoms with Crippen LogP contribution in [0, 0.1) is 12.7 Å². The number of benzene rings is 1. The minimum Gasteiger partial charge on any atom is -0.289 e. The molecule has 1 aromatic carbocycles. The third-order valence-corrected chi connectivity index (χ3v) is 3.06. The highest BCUT2D eigenvalue weighted by Crippen LogP contribution is 2.19. The lowest BCUT2D eigenvalue weighted by atomic mass is 10.0. The maximum absolute atomic E-state index is 12.7. The Balaban J connectivity index is 2.37. The van der Waals surface area contributed by atoms with E-state index in [1.807, 2.05) is 12.3 Å². The van der Waals surface area contributed by atoms with Gasteiger partial charge >= 0.3 is 0 Å². The summed E-state index contributed by atoms with van der Waals surface area (Å²) in [6.45, 7) is 1.90. The van der Waals surface area contributed by atoms with E-state index in [0.717, 1.165) is 4.88 Å². The number of halogens is 1. The largest absolute Gasteiger partial charge is 0.289 e. The molecular formula is C12H9FOS. The van der Waals surface area contributed by atoms with Crippen molar-refractivity contribution in [3.8, 4) is 0 Å². The van der Waals surface area contributed by atoms with E-state index in [1.165, 1.54) is 35.6 Å². The van der Waals surface area contributed by atoms with E-state index in [1.54, 1.807) is 6.07 Å². The van der Waals surface area contributed by atoms with Gasteiger partial charge in [-0.2, -0.15) is 0 Å². The second kappa shape index (κ2) is 3.95. The summed E-state index contributed by atoms with van der Waals surface area (Å²) in [5.41, 5.74) is 1.23. The Morgan fingerprint density at radius 3 is 2.40 bits per heavy atom. The lowest BCUT2D eigenvalue weighted by Gasteiger charge is -1.99. The van der Waals surface area contributed by atoms with E-state index in [-0.39, 0.29) is 11.6 Å². The van der Waals surface area contributed by atoms with Crippen molar-refractivity contribution in [2.45, 2.75) is 6.92 Å². The van der Waals surface area contributed by atoms with Crippen LogP contribution in [-0.4, -0.2) is 5.78 Å². The monoisotopic (exact) mass is 220 g/mol. The van der Waals surface area contributed by atoms with Crippen molar-refractivity contribution in [3.63, 3.8) is 0 Å². The number of hydrogen-bond acceptors (Lipinski definition) is 2. The van der Waals surface area contributed by atoms with E-state index >= 15 is 0 Å². The maximum Gasteiger partial charge on any atom is 0.194 e. The summed E-state index contributed by atoms with van der Waals surface area (Å²) in [6, 6.07) is 7.42. The smallest absolute Gasteiger partial charge is 0.194 e. The van der Waals surface area contributed by atoms with E-state index in [4.69, 9.17) is 0 Å². The highest BCUT2D eigenvalue weighted by Gasteiger charge is 2.12. The van der Waals surface area contributed by atoms with Crippen molar-refractivity contribution in [2.24, 2.45) is 0 Å². The number of rotatable bonds is 2. The Morgan fingerprint density at radius 2 is 1.87 bits per heavy atom. The van der Waals surface area contributed by atoms with Gasteiger partial charge in [0.2, 0.25) is 0 Å². The first-order valence-electron chi connectivity index (χ1n) is 4.53. The van der Waals surface area contributed by atoms with Crippen molar-refractivity contribution in [2.75, 3.05) is 0 Å². The molecule has 0 aliphatic carbocycles. The van der Waals surface area contributed by atoms with Crippen LogP contribution in [0.2, 0.25) is 0 Å². The molecule has 0 saturated heterocycles. The maximum atomic E-state index is 12.7. The zero-order valence-electron chi connectivity index (χ0n) is 8.16.